The summed E-state index contributed by atoms with van der Waals surface area (Å²) in [5, 5.41) is 37.7. The lowest BCUT2D eigenvalue weighted by molar-refractivity contribution is -0.151. The number of carboxylic acid groups (broad SMARTS) is 4. The van der Waals surface area contributed by atoms with E-state index in [0.717, 1.165) is 109 Å². The van der Waals surface area contributed by atoms with Crippen molar-refractivity contribution in [1.82, 2.24) is 0 Å². The first-order valence-corrected chi connectivity index (χ1v) is 55.7. The van der Waals surface area contributed by atoms with E-state index in [4.69, 9.17) is 5.11 Å². The normalized spacial score (nSPS) is 12.5. The van der Waals surface area contributed by atoms with Crippen LogP contribution in [0.15, 0.2) is 36.5 Å². The number of aliphatic carboxylic acids is 4. The maximum Gasteiger partial charge on any atom is 0.309 e. The van der Waals surface area contributed by atoms with Gasteiger partial charge in [-0.15, -0.1) is 0 Å². The highest BCUT2D eigenvalue weighted by atomic mass is 16.4. The van der Waals surface area contributed by atoms with E-state index in [9.17, 15) is 34.5 Å². The van der Waals surface area contributed by atoms with Crippen LogP contribution in [0.25, 0.3) is 0 Å². The Morgan fingerprint density at radius 1 is 0.189 bits per heavy atom. The summed E-state index contributed by atoms with van der Waals surface area (Å²) in [4.78, 5) is 45.8. The SMILES string of the molecule is CCCCCCCC/C=C\CCCCCCC(CCCCCCCC)(CCCCCCCCCCCC)C(=O)O.CCCCCCCC/C=C\CCCCCCCCC(CCCCCC/C=C\CCCCCCCC)C(=O)O.CCCCCCCCCCCCCCCCC(CCCC)C(=O)O.CCCCCCCCCCCCCCCCCC(=O)O. The lowest BCUT2D eigenvalue weighted by atomic mass is 9.74. The van der Waals surface area contributed by atoms with Crippen molar-refractivity contribution in [2.45, 2.75) is 653 Å². The fourth-order valence-electron chi connectivity index (χ4n) is 17.6. The summed E-state index contributed by atoms with van der Waals surface area (Å²) in [7, 11) is 0. The molecule has 3 unspecified atom stereocenters. The molecule has 0 aromatic heterocycles. The minimum Gasteiger partial charge on any atom is -0.481 e. The largest absolute Gasteiger partial charge is 0.481 e. The van der Waals surface area contributed by atoms with Gasteiger partial charge in [0.25, 0.3) is 0 Å². The molecule has 0 amide bonds. The van der Waals surface area contributed by atoms with Crippen LogP contribution in [0.4, 0.5) is 0 Å². The van der Waals surface area contributed by atoms with Crippen molar-refractivity contribution in [1.29, 1.82) is 0 Å². The molecule has 0 aromatic rings. The molecule has 0 rings (SSSR count). The van der Waals surface area contributed by atoms with Crippen LogP contribution < -0.4 is 0 Å². The summed E-state index contributed by atoms with van der Waals surface area (Å²) in [5.41, 5.74) is -0.470. The van der Waals surface area contributed by atoms with Gasteiger partial charge in [0, 0.05) is 6.42 Å². The van der Waals surface area contributed by atoms with Gasteiger partial charge in [-0.3, -0.25) is 19.2 Å². The smallest absolute Gasteiger partial charge is 0.309 e. The lowest BCUT2D eigenvalue weighted by Gasteiger charge is -2.30. The molecule has 0 aliphatic carbocycles. The van der Waals surface area contributed by atoms with Crippen LogP contribution in [0.1, 0.15) is 653 Å². The molecule has 0 aliphatic heterocycles. The van der Waals surface area contributed by atoms with Crippen LogP contribution in [0.3, 0.4) is 0 Å². The monoisotopic (exact) mass is 1720 g/mol. The first kappa shape index (κ1) is 125. The van der Waals surface area contributed by atoms with E-state index in [-0.39, 0.29) is 11.8 Å². The number of allylic oxidation sites excluding steroid dienone is 6. The molecule has 0 radical (unpaired) electrons. The molecule has 122 heavy (non-hydrogen) atoms. The van der Waals surface area contributed by atoms with Gasteiger partial charge in [-0.05, 0) is 128 Å². The molecule has 8 nitrogen and oxygen atoms in total. The molecular weight excluding hydrogens is 1500 g/mol. The molecule has 8 heteroatoms. The van der Waals surface area contributed by atoms with Crippen LogP contribution in [0.5, 0.6) is 0 Å². The summed E-state index contributed by atoms with van der Waals surface area (Å²) >= 11 is 0. The first-order valence-electron chi connectivity index (χ1n) is 55.7. The molecule has 0 aromatic carbocycles. The third-order valence-corrected chi connectivity index (χ3v) is 26.3. The Morgan fingerprint density at radius 2 is 0.336 bits per heavy atom. The van der Waals surface area contributed by atoms with Gasteiger partial charge in [0.2, 0.25) is 0 Å². The molecular formula is C114H222O8. The van der Waals surface area contributed by atoms with Gasteiger partial charge in [0.1, 0.15) is 0 Å². The Bertz CT molecular complexity index is 2080. The Morgan fingerprint density at radius 3 is 0.500 bits per heavy atom. The van der Waals surface area contributed by atoms with Crippen molar-refractivity contribution in [3.05, 3.63) is 36.5 Å². The zero-order chi connectivity index (χ0) is 90.0. The second-order valence-corrected chi connectivity index (χ2v) is 38.5. The minimum absolute atomic E-state index is 0.0951. The predicted molar refractivity (Wildman–Crippen MR) is 542 cm³/mol. The quantitative estimate of drug-likeness (QED) is 0.0347. The zero-order valence-corrected chi connectivity index (χ0v) is 84.3. The lowest BCUT2D eigenvalue weighted by Crippen LogP contribution is -2.31. The average Bonchev–Trinajstić information content (AvgIpc) is 0.846. The maximum absolute atomic E-state index is 12.6. The first-order chi connectivity index (χ1) is 59.8. The van der Waals surface area contributed by atoms with Gasteiger partial charge in [-0.2, -0.15) is 0 Å². The van der Waals surface area contributed by atoms with E-state index < -0.39 is 29.3 Å². The predicted octanol–water partition coefficient (Wildman–Crippen LogP) is 40.6. The molecule has 0 bridgehead atoms. The van der Waals surface area contributed by atoms with Gasteiger partial charge < -0.3 is 20.4 Å². The molecule has 0 spiro atoms. The second-order valence-electron chi connectivity index (χ2n) is 38.5. The summed E-state index contributed by atoms with van der Waals surface area (Å²) in [6.45, 7) is 18.0. The molecule has 726 valence electrons. The maximum atomic E-state index is 12.6. The Hall–Kier alpha value is -2.90. The van der Waals surface area contributed by atoms with Crippen molar-refractivity contribution >= 4 is 23.9 Å². The van der Waals surface area contributed by atoms with Gasteiger partial charge in [0.05, 0.1) is 17.3 Å². The number of carboxylic acids is 4. The van der Waals surface area contributed by atoms with E-state index in [0.29, 0.717) is 6.42 Å². The summed E-state index contributed by atoms with van der Waals surface area (Å²) < 4.78 is 0. The average molecular weight is 1720 g/mol. The number of unbranched alkanes of at least 4 members (excludes halogenated alkanes) is 74. The van der Waals surface area contributed by atoms with Crippen LogP contribution in [-0.4, -0.2) is 44.3 Å². The van der Waals surface area contributed by atoms with Crippen molar-refractivity contribution in [2.24, 2.45) is 17.3 Å². The van der Waals surface area contributed by atoms with E-state index in [1.54, 1.807) is 0 Å². The molecule has 3 atom stereocenters. The molecule has 0 fully saturated rings. The Balaban J connectivity index is -0.000000789. The standard InChI is InChI=1S/C38H74O2.C36H68O2.C22H44O2.C18H36O2/c1-4-7-10-13-16-18-20-21-22-23-25-27-30-33-36-38(37(39)40,34-31-28-15-12-9-6-3)35-32-29-26-24-19-17-14-11-8-5-2;1-3-5-7-9-11-13-15-17-19-20-22-24-26-28-30-32-34-35(36(37)38)33-31-29-27-25-23-21-18-16-14-12-10-8-6-4-2;1-3-5-7-8-9-10-11-12-13-14-15-16-17-18-20-21(22(23)24)19-6-4-2;1-2-3-4-5-6-7-8-9-10-11-12-13-14-15-16-17-18(19)20/h21-22H,4-20,23-36H2,1-3H3,(H,39,40);17-19,21,35H,3-16,20,22-34H2,1-2H3,(H,37,38);21H,3-20H2,1-2H3,(H,23,24);2-17H2,1H3,(H,19,20)/b22-21-;19-17-,21-18-;;. The van der Waals surface area contributed by atoms with Gasteiger partial charge in [0.15, 0.2) is 0 Å². The molecule has 0 saturated carbocycles. The van der Waals surface area contributed by atoms with E-state index in [2.05, 4.69) is 91.8 Å². The summed E-state index contributed by atoms with van der Waals surface area (Å²) in [5.74, 6) is -2.53. The minimum atomic E-state index is -0.653. The highest BCUT2D eigenvalue weighted by Gasteiger charge is 2.36. The van der Waals surface area contributed by atoms with Crippen LogP contribution >= 0.6 is 0 Å². The molecule has 4 N–H and O–H groups in total. The van der Waals surface area contributed by atoms with E-state index >= 15 is 0 Å². The third kappa shape index (κ3) is 108. The van der Waals surface area contributed by atoms with Crippen LogP contribution in [0.2, 0.25) is 0 Å². The van der Waals surface area contributed by atoms with Gasteiger partial charge in [-0.1, -0.05) is 554 Å². The highest BCUT2D eigenvalue weighted by Crippen LogP contribution is 2.38. The van der Waals surface area contributed by atoms with Crippen LogP contribution in [-0.2, 0) is 19.2 Å². The highest BCUT2D eigenvalue weighted by molar-refractivity contribution is 5.74. The Labute approximate surface area is 765 Å². The van der Waals surface area contributed by atoms with Gasteiger partial charge >= 0.3 is 23.9 Å². The van der Waals surface area contributed by atoms with Crippen molar-refractivity contribution in [3.8, 4) is 0 Å². The van der Waals surface area contributed by atoms with Gasteiger partial charge in [-0.25, -0.2) is 0 Å². The fourth-order valence-corrected chi connectivity index (χ4v) is 17.6. The number of rotatable bonds is 99. The van der Waals surface area contributed by atoms with Crippen molar-refractivity contribution < 1.29 is 39.6 Å². The topological polar surface area (TPSA) is 149 Å². The molecule has 0 saturated heterocycles. The van der Waals surface area contributed by atoms with E-state index in [1.807, 2.05) is 0 Å². The van der Waals surface area contributed by atoms with Crippen molar-refractivity contribution in [2.75, 3.05) is 0 Å². The summed E-state index contributed by atoms with van der Waals surface area (Å²) in [6, 6.07) is 0. The van der Waals surface area contributed by atoms with E-state index in [1.165, 1.54) is 482 Å². The summed E-state index contributed by atoms with van der Waals surface area (Å²) in [6.07, 6.45) is 132. The number of hydrogen-bond acceptors (Lipinski definition) is 4. The Kier molecular flexibility index (Phi) is 115. The zero-order valence-electron chi connectivity index (χ0n) is 84.3. The third-order valence-electron chi connectivity index (χ3n) is 26.3. The van der Waals surface area contributed by atoms with Crippen molar-refractivity contribution in [3.63, 3.8) is 0 Å². The number of hydrogen-bond donors (Lipinski definition) is 4. The molecule has 0 aliphatic rings. The fraction of sp³-hybridized carbons (Fsp3) is 0.912. The molecule has 0 heterocycles. The van der Waals surface area contributed by atoms with Crippen LogP contribution in [0, 0.1) is 17.3 Å². The second kappa shape index (κ2) is 112. The number of carbonyl (C=O) groups is 4.